The van der Waals surface area contributed by atoms with E-state index in [0.717, 1.165) is 11.1 Å². The lowest BCUT2D eigenvalue weighted by molar-refractivity contribution is -0.211. The molecule has 1 aliphatic rings. The maximum absolute atomic E-state index is 13.0. The van der Waals surface area contributed by atoms with E-state index in [2.05, 4.69) is 10.1 Å². The van der Waals surface area contributed by atoms with E-state index in [1.165, 1.54) is 23.0 Å². The predicted molar refractivity (Wildman–Crippen MR) is 77.2 cm³/mol. The fraction of sp³-hybridized carbons (Fsp3) is 0.400. The third-order valence-electron chi connectivity index (χ3n) is 3.99. The van der Waals surface area contributed by atoms with Crippen LogP contribution < -0.4 is 0 Å². The molecule has 0 aliphatic carbocycles. The molecule has 0 aromatic carbocycles. The van der Waals surface area contributed by atoms with E-state index >= 15 is 0 Å². The maximum atomic E-state index is 13.0. The molecule has 0 saturated heterocycles. The smallest absolute Gasteiger partial charge is 0.376 e. The number of carbonyl (C=O) groups excluding carboxylic acids is 1. The highest BCUT2D eigenvalue weighted by Crippen LogP contribution is 2.31. The van der Waals surface area contributed by atoms with Crippen LogP contribution in [0.25, 0.3) is 5.82 Å². The molecule has 10 heteroatoms. The summed E-state index contributed by atoms with van der Waals surface area (Å²) in [6, 6.07) is 2.65. The lowest BCUT2D eigenvalue weighted by Gasteiger charge is -2.33. The monoisotopic (exact) mass is 358 g/mol. The highest BCUT2D eigenvalue weighted by Gasteiger charge is 2.46. The van der Waals surface area contributed by atoms with Crippen LogP contribution in [0.1, 0.15) is 24.1 Å². The number of hydrogen-bond acceptors (Lipinski definition) is 4. The Morgan fingerprint density at radius 1 is 1.36 bits per heavy atom. The minimum Gasteiger partial charge on any atom is -0.376 e. The fourth-order valence-electron chi connectivity index (χ4n) is 2.88. The van der Waals surface area contributed by atoms with Crippen molar-refractivity contribution in [2.45, 2.75) is 31.7 Å². The largest absolute Gasteiger partial charge is 0.423 e. The number of nitrogens with zero attached hydrogens (tertiary/aromatic N) is 4. The van der Waals surface area contributed by atoms with Crippen LogP contribution in [-0.4, -0.2) is 49.5 Å². The summed E-state index contributed by atoms with van der Waals surface area (Å²) in [7, 11) is 0. The van der Waals surface area contributed by atoms with Crippen molar-refractivity contribution in [3.63, 3.8) is 0 Å². The Balaban J connectivity index is 1.88. The first-order valence-corrected chi connectivity index (χ1v) is 7.40. The van der Waals surface area contributed by atoms with E-state index in [-0.39, 0.29) is 19.0 Å². The number of rotatable bonds is 2. The van der Waals surface area contributed by atoms with Crippen molar-refractivity contribution < 1.29 is 27.5 Å². The van der Waals surface area contributed by atoms with Crippen molar-refractivity contribution >= 4 is 5.91 Å². The zero-order chi connectivity index (χ0) is 18.4. The topological polar surface area (TPSA) is 71.2 Å². The second-order valence-electron chi connectivity index (χ2n) is 5.87. The molecular formula is C15H14F4N4O2. The van der Waals surface area contributed by atoms with Gasteiger partial charge in [-0.1, -0.05) is 6.92 Å². The minimum absolute atomic E-state index is 0.00807. The van der Waals surface area contributed by atoms with Crippen molar-refractivity contribution in [1.82, 2.24) is 19.7 Å². The van der Waals surface area contributed by atoms with Crippen LogP contribution in [0.2, 0.25) is 0 Å². The molecule has 3 rings (SSSR count). The normalized spacial score (nSPS) is 18.8. The van der Waals surface area contributed by atoms with Gasteiger partial charge in [-0.05, 0) is 12.1 Å². The number of halogens is 4. The van der Waals surface area contributed by atoms with Crippen LogP contribution in [0.15, 0.2) is 24.5 Å². The Morgan fingerprint density at radius 3 is 2.68 bits per heavy atom. The van der Waals surface area contributed by atoms with E-state index in [1.807, 2.05) is 0 Å². The third-order valence-corrected chi connectivity index (χ3v) is 3.99. The molecule has 0 spiro atoms. The zero-order valence-corrected chi connectivity index (χ0v) is 13.0. The first kappa shape index (κ1) is 17.3. The number of aliphatic hydroxyl groups is 1. The average molecular weight is 358 g/mol. The van der Waals surface area contributed by atoms with Gasteiger partial charge >= 0.3 is 6.18 Å². The number of amides is 1. The Morgan fingerprint density at radius 2 is 2.08 bits per heavy atom. The van der Waals surface area contributed by atoms with Crippen LogP contribution in [0.3, 0.4) is 0 Å². The minimum atomic E-state index is -5.01. The molecule has 0 saturated carbocycles. The number of fused-ring (bicyclic) bond motifs is 1. The third kappa shape index (κ3) is 3.21. The van der Waals surface area contributed by atoms with Gasteiger partial charge in [-0.3, -0.25) is 4.79 Å². The summed E-state index contributed by atoms with van der Waals surface area (Å²) in [5, 5.41) is 13.3. The molecule has 2 aromatic rings. The van der Waals surface area contributed by atoms with Crippen molar-refractivity contribution in [1.29, 1.82) is 0 Å². The predicted octanol–water partition coefficient (Wildman–Crippen LogP) is 1.78. The van der Waals surface area contributed by atoms with Crippen LogP contribution in [0, 0.1) is 5.82 Å². The molecule has 6 nitrogen and oxygen atoms in total. The highest BCUT2D eigenvalue weighted by atomic mass is 19.4. The Hall–Kier alpha value is -2.49. The number of alkyl halides is 3. The lowest BCUT2D eigenvalue weighted by atomic mass is 9.97. The molecule has 134 valence electrons. The molecule has 2 atom stereocenters. The van der Waals surface area contributed by atoms with Crippen molar-refractivity contribution in [3.05, 3.63) is 41.6 Å². The SMILES string of the molecule is C[C@@H]1CN(C(=O)C(O)C(F)(F)F)Cc2cnn(-c3ccc(F)cn3)c21. The molecule has 1 aliphatic heterocycles. The fourth-order valence-corrected chi connectivity index (χ4v) is 2.88. The molecule has 1 N–H and O–H groups in total. The second-order valence-corrected chi connectivity index (χ2v) is 5.87. The van der Waals surface area contributed by atoms with E-state index in [0.29, 0.717) is 17.1 Å². The van der Waals surface area contributed by atoms with Gasteiger partial charge in [0.1, 0.15) is 5.82 Å². The van der Waals surface area contributed by atoms with Crippen molar-refractivity contribution in [2.24, 2.45) is 0 Å². The molecule has 1 unspecified atom stereocenters. The van der Waals surface area contributed by atoms with Gasteiger partial charge in [0.2, 0.25) is 6.10 Å². The number of aromatic nitrogens is 3. The zero-order valence-electron chi connectivity index (χ0n) is 13.0. The summed E-state index contributed by atoms with van der Waals surface area (Å²) in [6.07, 6.45) is -5.60. The van der Waals surface area contributed by atoms with E-state index in [4.69, 9.17) is 5.11 Å². The summed E-state index contributed by atoms with van der Waals surface area (Å²) in [6.45, 7) is 1.61. The lowest BCUT2D eigenvalue weighted by Crippen LogP contribution is -2.48. The van der Waals surface area contributed by atoms with Crippen LogP contribution in [0.5, 0.6) is 0 Å². The average Bonchev–Trinajstić information content (AvgIpc) is 2.98. The molecule has 25 heavy (non-hydrogen) atoms. The van der Waals surface area contributed by atoms with Gasteiger partial charge in [0.25, 0.3) is 5.91 Å². The summed E-state index contributed by atoms with van der Waals surface area (Å²) in [5.74, 6) is -1.87. The van der Waals surface area contributed by atoms with Crippen LogP contribution in [-0.2, 0) is 11.3 Å². The Kier molecular flexibility index (Phi) is 4.23. The van der Waals surface area contributed by atoms with Gasteiger partial charge in [0.15, 0.2) is 5.82 Å². The number of pyridine rings is 1. The summed E-state index contributed by atoms with van der Waals surface area (Å²) in [5.41, 5.74) is 1.23. The second kappa shape index (κ2) is 6.10. The van der Waals surface area contributed by atoms with Crippen molar-refractivity contribution in [3.8, 4) is 5.82 Å². The first-order valence-electron chi connectivity index (χ1n) is 7.40. The van der Waals surface area contributed by atoms with Gasteiger partial charge in [0, 0.05) is 24.6 Å². The van der Waals surface area contributed by atoms with E-state index in [1.54, 1.807) is 6.92 Å². The molecule has 0 radical (unpaired) electrons. The van der Waals surface area contributed by atoms with Gasteiger partial charge in [0.05, 0.1) is 18.1 Å². The molecule has 1 amide bonds. The van der Waals surface area contributed by atoms with Crippen molar-refractivity contribution in [2.75, 3.05) is 6.54 Å². The quantitative estimate of drug-likeness (QED) is 0.831. The van der Waals surface area contributed by atoms with Gasteiger partial charge < -0.3 is 10.0 Å². The number of carbonyl (C=O) groups is 1. The number of aliphatic hydroxyl groups excluding tert-OH is 1. The first-order chi connectivity index (χ1) is 11.7. The molecular weight excluding hydrogens is 344 g/mol. The maximum Gasteiger partial charge on any atom is 0.423 e. The Bertz CT molecular complexity index is 788. The van der Waals surface area contributed by atoms with E-state index < -0.39 is 24.0 Å². The van der Waals surface area contributed by atoms with Crippen LogP contribution >= 0.6 is 0 Å². The summed E-state index contributed by atoms with van der Waals surface area (Å²) >= 11 is 0. The summed E-state index contributed by atoms with van der Waals surface area (Å²) < 4.78 is 52.1. The van der Waals surface area contributed by atoms with Crippen LogP contribution in [0.4, 0.5) is 17.6 Å². The van der Waals surface area contributed by atoms with E-state index in [9.17, 15) is 22.4 Å². The van der Waals surface area contributed by atoms with Gasteiger partial charge in [-0.2, -0.15) is 18.3 Å². The van der Waals surface area contributed by atoms with Gasteiger partial charge in [-0.15, -0.1) is 0 Å². The van der Waals surface area contributed by atoms with Gasteiger partial charge in [-0.25, -0.2) is 14.1 Å². The molecule has 3 heterocycles. The molecule has 2 aromatic heterocycles. The summed E-state index contributed by atoms with van der Waals surface area (Å²) in [4.78, 5) is 16.8. The molecule has 0 bridgehead atoms. The standard InChI is InChI=1S/C15H14F4N4O2/c1-8-6-22(14(25)13(24)15(17,18)19)7-9-4-21-23(12(8)9)11-3-2-10(16)5-20-11/h2-5,8,13,24H,6-7H2,1H3/t8-,13?/m1/s1. The number of hydrogen-bond donors (Lipinski definition) is 1. The highest BCUT2D eigenvalue weighted by molar-refractivity contribution is 5.81. The molecule has 0 fully saturated rings. The Labute approximate surface area is 139 Å².